The van der Waals surface area contributed by atoms with Gasteiger partial charge in [0.25, 0.3) is 0 Å². The Hall–Kier alpha value is -0.0900. The molecule has 0 saturated heterocycles. The maximum atomic E-state index is 10.2. The molecular weight excluding hydrogens is 287 g/mol. The smallest absolute Gasteiger partial charge is 0.0828 e. The summed E-state index contributed by atoms with van der Waals surface area (Å²) < 4.78 is 1.18. The number of aliphatic hydroxyl groups excluding tert-OH is 1. The Morgan fingerprint density at radius 3 is 2.50 bits per heavy atom. The minimum Gasteiger partial charge on any atom is -0.388 e. The molecule has 0 amide bonds. The van der Waals surface area contributed by atoms with Crippen molar-refractivity contribution in [2.75, 3.05) is 0 Å². The van der Waals surface area contributed by atoms with Gasteiger partial charge < -0.3 is 5.11 Å². The summed E-state index contributed by atoms with van der Waals surface area (Å²) in [6.07, 6.45) is 4.69. The Bertz CT molecular complexity index is 305. The zero-order valence-electron chi connectivity index (χ0n) is 8.12. The van der Waals surface area contributed by atoms with Crippen LogP contribution in [-0.4, -0.2) is 5.11 Å². The molecule has 0 bridgehead atoms. The SMILES string of the molecule is OC(c1ccccc1I)C1CCCC1. The lowest BCUT2D eigenvalue weighted by molar-refractivity contribution is 0.111. The highest BCUT2D eigenvalue weighted by Gasteiger charge is 2.25. The molecule has 1 aromatic carbocycles. The molecule has 1 aliphatic carbocycles. The Labute approximate surface area is 98.7 Å². The van der Waals surface area contributed by atoms with Crippen LogP contribution >= 0.6 is 22.6 Å². The molecule has 0 radical (unpaired) electrons. The average molecular weight is 302 g/mol. The monoisotopic (exact) mass is 302 g/mol. The molecule has 2 rings (SSSR count). The van der Waals surface area contributed by atoms with Gasteiger partial charge in [-0.25, -0.2) is 0 Å². The molecule has 2 heteroatoms. The summed E-state index contributed by atoms with van der Waals surface area (Å²) in [5.41, 5.74) is 1.11. The van der Waals surface area contributed by atoms with Gasteiger partial charge in [-0.2, -0.15) is 0 Å². The first-order chi connectivity index (χ1) is 6.79. The topological polar surface area (TPSA) is 20.2 Å². The second kappa shape index (κ2) is 4.62. The highest BCUT2D eigenvalue weighted by molar-refractivity contribution is 14.1. The van der Waals surface area contributed by atoms with E-state index >= 15 is 0 Å². The molecule has 0 heterocycles. The maximum Gasteiger partial charge on any atom is 0.0828 e. The molecule has 1 aliphatic rings. The van der Waals surface area contributed by atoms with Crippen LogP contribution in [0.15, 0.2) is 24.3 Å². The molecule has 1 saturated carbocycles. The maximum absolute atomic E-state index is 10.2. The van der Waals surface area contributed by atoms with Crippen molar-refractivity contribution >= 4 is 22.6 Å². The molecule has 1 nitrogen and oxygen atoms in total. The van der Waals surface area contributed by atoms with Crippen LogP contribution in [0.3, 0.4) is 0 Å². The van der Waals surface area contributed by atoms with E-state index in [9.17, 15) is 5.11 Å². The predicted octanol–water partition coefficient (Wildman–Crippen LogP) is 3.51. The van der Waals surface area contributed by atoms with Crippen LogP contribution in [0.1, 0.15) is 37.4 Å². The molecule has 14 heavy (non-hydrogen) atoms. The summed E-state index contributed by atoms with van der Waals surface area (Å²) in [5, 5.41) is 10.2. The zero-order valence-corrected chi connectivity index (χ0v) is 10.3. The zero-order chi connectivity index (χ0) is 9.97. The van der Waals surface area contributed by atoms with Crippen LogP contribution < -0.4 is 0 Å². The van der Waals surface area contributed by atoms with E-state index in [1.807, 2.05) is 18.2 Å². The summed E-state index contributed by atoms with van der Waals surface area (Å²) in [5.74, 6) is 0.492. The van der Waals surface area contributed by atoms with Crippen molar-refractivity contribution in [1.82, 2.24) is 0 Å². The lowest BCUT2D eigenvalue weighted by Crippen LogP contribution is -2.10. The summed E-state index contributed by atoms with van der Waals surface area (Å²) >= 11 is 2.30. The fourth-order valence-electron chi connectivity index (χ4n) is 2.24. The second-order valence-corrected chi connectivity index (χ2v) is 5.17. The van der Waals surface area contributed by atoms with E-state index < -0.39 is 0 Å². The number of rotatable bonds is 2. The first-order valence-electron chi connectivity index (χ1n) is 5.21. The van der Waals surface area contributed by atoms with E-state index in [0.717, 1.165) is 5.56 Å². The standard InChI is InChI=1S/C12H15IO/c13-11-8-4-3-7-10(11)12(14)9-5-1-2-6-9/h3-4,7-9,12,14H,1-2,5-6H2. The minimum atomic E-state index is -0.245. The van der Waals surface area contributed by atoms with Gasteiger partial charge in [0.05, 0.1) is 6.10 Å². The van der Waals surface area contributed by atoms with Crippen molar-refractivity contribution in [3.63, 3.8) is 0 Å². The van der Waals surface area contributed by atoms with Gasteiger partial charge in [0.1, 0.15) is 0 Å². The Balaban J connectivity index is 2.17. The highest BCUT2D eigenvalue weighted by Crippen LogP contribution is 2.36. The average Bonchev–Trinajstić information content (AvgIpc) is 2.70. The molecule has 1 atom stereocenters. The Morgan fingerprint density at radius 2 is 1.86 bits per heavy atom. The molecule has 0 aliphatic heterocycles. The van der Waals surface area contributed by atoms with Crippen molar-refractivity contribution in [1.29, 1.82) is 0 Å². The summed E-state index contributed by atoms with van der Waals surface area (Å²) in [6, 6.07) is 8.14. The quantitative estimate of drug-likeness (QED) is 0.829. The van der Waals surface area contributed by atoms with Crippen molar-refractivity contribution in [2.45, 2.75) is 31.8 Å². The molecule has 1 fully saturated rings. The normalized spacial score (nSPS) is 19.9. The van der Waals surface area contributed by atoms with E-state index in [1.165, 1.54) is 29.3 Å². The van der Waals surface area contributed by atoms with Gasteiger partial charge in [-0.1, -0.05) is 31.0 Å². The molecule has 1 unspecified atom stereocenters. The number of hydrogen-bond donors (Lipinski definition) is 1. The molecule has 76 valence electrons. The van der Waals surface area contributed by atoms with Crippen molar-refractivity contribution in [2.24, 2.45) is 5.92 Å². The van der Waals surface area contributed by atoms with E-state index in [4.69, 9.17) is 0 Å². The van der Waals surface area contributed by atoms with E-state index in [1.54, 1.807) is 0 Å². The van der Waals surface area contributed by atoms with E-state index in [2.05, 4.69) is 28.7 Å². The van der Waals surface area contributed by atoms with Gasteiger partial charge in [-0.05, 0) is 53.0 Å². The van der Waals surface area contributed by atoms with Crippen molar-refractivity contribution < 1.29 is 5.11 Å². The summed E-state index contributed by atoms with van der Waals surface area (Å²) in [7, 11) is 0. The van der Waals surface area contributed by atoms with Gasteiger partial charge in [0.2, 0.25) is 0 Å². The summed E-state index contributed by atoms with van der Waals surface area (Å²) in [4.78, 5) is 0. The van der Waals surface area contributed by atoms with Crippen LogP contribution in [0.4, 0.5) is 0 Å². The highest BCUT2D eigenvalue weighted by atomic mass is 127. The van der Waals surface area contributed by atoms with E-state index in [0.29, 0.717) is 5.92 Å². The number of halogens is 1. The first kappa shape index (κ1) is 10.4. The van der Waals surface area contributed by atoms with E-state index in [-0.39, 0.29) is 6.10 Å². The fourth-order valence-corrected chi connectivity index (χ4v) is 2.95. The molecule has 0 aromatic heterocycles. The van der Waals surface area contributed by atoms with Crippen molar-refractivity contribution in [3.05, 3.63) is 33.4 Å². The molecular formula is C12H15IO. The van der Waals surface area contributed by atoms with Gasteiger partial charge in [-0.15, -0.1) is 0 Å². The fraction of sp³-hybridized carbons (Fsp3) is 0.500. The predicted molar refractivity (Wildman–Crippen MR) is 66.1 cm³/mol. The largest absolute Gasteiger partial charge is 0.388 e. The van der Waals surface area contributed by atoms with Gasteiger partial charge in [0, 0.05) is 3.57 Å². The van der Waals surface area contributed by atoms with Gasteiger partial charge >= 0.3 is 0 Å². The van der Waals surface area contributed by atoms with Gasteiger partial charge in [-0.3, -0.25) is 0 Å². The Kier molecular flexibility index (Phi) is 3.44. The van der Waals surface area contributed by atoms with Crippen LogP contribution in [0.5, 0.6) is 0 Å². The lowest BCUT2D eigenvalue weighted by atomic mass is 9.95. The third-order valence-corrected chi connectivity index (χ3v) is 4.05. The summed E-state index contributed by atoms with van der Waals surface area (Å²) in [6.45, 7) is 0. The van der Waals surface area contributed by atoms with Crippen LogP contribution in [0.25, 0.3) is 0 Å². The third kappa shape index (κ3) is 2.11. The molecule has 1 N–H and O–H groups in total. The first-order valence-corrected chi connectivity index (χ1v) is 6.29. The van der Waals surface area contributed by atoms with Crippen LogP contribution in [-0.2, 0) is 0 Å². The Morgan fingerprint density at radius 1 is 1.21 bits per heavy atom. The molecule has 1 aromatic rings. The van der Waals surface area contributed by atoms with Crippen LogP contribution in [0.2, 0.25) is 0 Å². The van der Waals surface area contributed by atoms with Crippen molar-refractivity contribution in [3.8, 4) is 0 Å². The lowest BCUT2D eigenvalue weighted by Gasteiger charge is -2.19. The molecule has 0 spiro atoms. The number of hydrogen-bond acceptors (Lipinski definition) is 1. The third-order valence-electron chi connectivity index (χ3n) is 3.07. The second-order valence-electron chi connectivity index (χ2n) is 4.01. The van der Waals surface area contributed by atoms with Gasteiger partial charge in [0.15, 0.2) is 0 Å². The number of benzene rings is 1. The van der Waals surface area contributed by atoms with Crippen LogP contribution in [0, 0.1) is 9.49 Å². The minimum absolute atomic E-state index is 0.245. The number of aliphatic hydroxyl groups is 1.